The number of rotatable bonds is 12. The summed E-state index contributed by atoms with van der Waals surface area (Å²) in [4.78, 5) is 43.0. The number of pyridine rings is 2. The molecule has 3 N–H and O–H groups in total. The van der Waals surface area contributed by atoms with Gasteiger partial charge in [-0.1, -0.05) is 60.6 Å². The number of benzene rings is 3. The molecule has 2 aromatic heterocycles. The predicted octanol–water partition coefficient (Wildman–Crippen LogP) is 7.93. The van der Waals surface area contributed by atoms with E-state index >= 15 is 0 Å². The van der Waals surface area contributed by atoms with Gasteiger partial charge in [-0.25, -0.2) is 4.98 Å². The van der Waals surface area contributed by atoms with Gasteiger partial charge in [0.2, 0.25) is 11.8 Å². The van der Waals surface area contributed by atoms with Gasteiger partial charge in [0, 0.05) is 41.5 Å². The minimum Gasteiger partial charge on any atom is -0.495 e. The smallest absolute Gasteiger partial charge is 0.259 e. The summed E-state index contributed by atoms with van der Waals surface area (Å²) in [5, 5.41) is 9.82. The number of carbonyl (C=O) groups excluding carboxylic acids is 2. The molecule has 5 aromatic rings. The van der Waals surface area contributed by atoms with Crippen LogP contribution in [-0.2, 0) is 22.6 Å². The summed E-state index contributed by atoms with van der Waals surface area (Å²) in [6, 6.07) is 17.8. The molecule has 3 aromatic carbocycles. The van der Waals surface area contributed by atoms with Gasteiger partial charge in [0.15, 0.2) is 0 Å². The first-order valence-corrected chi connectivity index (χ1v) is 15.8. The van der Waals surface area contributed by atoms with Crippen molar-refractivity contribution in [3.05, 3.63) is 124 Å². The fourth-order valence-corrected chi connectivity index (χ4v) is 6.01. The monoisotopic (exact) mass is 697 g/mol. The van der Waals surface area contributed by atoms with Gasteiger partial charge in [-0.2, -0.15) is 0 Å². The van der Waals surface area contributed by atoms with Crippen LogP contribution in [0.3, 0.4) is 0 Å². The standard InChI is InChI=1S/C37H33Cl2N5O5/c1-6-31(45)41-24-13-11-22(12-14-24)15-16-44-27-18-30(43-36-21(3)9-8-10-26(36)42-32(46)7-2)40-20-23(27)17-25(37(44)47)33-34(38)28(48-4)19-29(49-5)35(33)39/h6-14,17-20H,1-2,15-16H2,3-5H3,(H,40,43)(H,41,45)(H,42,46). The van der Waals surface area contributed by atoms with Gasteiger partial charge in [0.25, 0.3) is 5.56 Å². The summed E-state index contributed by atoms with van der Waals surface area (Å²) in [5.74, 6) is 0.362. The lowest BCUT2D eigenvalue weighted by Crippen LogP contribution is -2.24. The highest BCUT2D eigenvalue weighted by molar-refractivity contribution is 6.41. The lowest BCUT2D eigenvalue weighted by molar-refractivity contribution is -0.112. The summed E-state index contributed by atoms with van der Waals surface area (Å²) in [6.45, 7) is 9.18. The van der Waals surface area contributed by atoms with Crippen molar-refractivity contribution in [2.75, 3.05) is 30.2 Å². The fraction of sp³-hybridized carbons (Fsp3) is 0.135. The first kappa shape index (κ1) is 34.7. The summed E-state index contributed by atoms with van der Waals surface area (Å²) < 4.78 is 12.6. The van der Waals surface area contributed by atoms with Crippen LogP contribution >= 0.6 is 23.2 Å². The Hall–Kier alpha value is -5.58. The molecule has 49 heavy (non-hydrogen) atoms. The molecule has 0 radical (unpaired) electrons. The molecular formula is C37H33Cl2N5O5. The van der Waals surface area contributed by atoms with E-state index in [1.165, 1.54) is 26.4 Å². The molecule has 10 nitrogen and oxygen atoms in total. The Morgan fingerprint density at radius 3 is 2.20 bits per heavy atom. The van der Waals surface area contributed by atoms with Crippen LogP contribution in [0.25, 0.3) is 22.0 Å². The Bertz CT molecular complexity index is 2130. The van der Waals surface area contributed by atoms with Crippen LogP contribution < -0.4 is 31.0 Å². The number of amides is 2. The molecule has 5 rings (SSSR count). The minimum absolute atomic E-state index is 0.161. The number of methoxy groups -OCH3 is 2. The normalized spacial score (nSPS) is 10.7. The van der Waals surface area contributed by atoms with Crippen molar-refractivity contribution in [3.63, 3.8) is 0 Å². The molecule has 0 aliphatic heterocycles. The fourth-order valence-electron chi connectivity index (χ4n) is 5.30. The van der Waals surface area contributed by atoms with Gasteiger partial charge < -0.3 is 30.0 Å². The van der Waals surface area contributed by atoms with Crippen LogP contribution in [0.2, 0.25) is 10.0 Å². The molecule has 0 spiro atoms. The number of ether oxygens (including phenoxy) is 2. The van der Waals surface area contributed by atoms with E-state index in [4.69, 9.17) is 32.7 Å². The van der Waals surface area contributed by atoms with Gasteiger partial charge in [0.05, 0.1) is 46.7 Å². The first-order chi connectivity index (χ1) is 23.6. The van der Waals surface area contributed by atoms with E-state index in [-0.39, 0.29) is 45.1 Å². The largest absolute Gasteiger partial charge is 0.495 e. The molecule has 0 saturated carbocycles. The van der Waals surface area contributed by atoms with E-state index in [9.17, 15) is 14.4 Å². The molecule has 0 aliphatic carbocycles. The molecule has 2 amide bonds. The Kier molecular flexibility index (Phi) is 10.7. The number of aryl methyl sites for hydroxylation is 3. The average molecular weight is 699 g/mol. The molecule has 0 saturated heterocycles. The molecule has 12 heteroatoms. The number of halogens is 2. The zero-order chi connectivity index (χ0) is 35.2. The number of nitrogens with one attached hydrogen (secondary N) is 3. The van der Waals surface area contributed by atoms with E-state index in [2.05, 4.69) is 34.1 Å². The van der Waals surface area contributed by atoms with E-state index in [0.29, 0.717) is 51.7 Å². The zero-order valence-corrected chi connectivity index (χ0v) is 28.5. The summed E-state index contributed by atoms with van der Waals surface area (Å²) >= 11 is 13.5. The van der Waals surface area contributed by atoms with Crippen molar-refractivity contribution >= 4 is 68.8 Å². The van der Waals surface area contributed by atoms with E-state index < -0.39 is 0 Å². The number of carbonyl (C=O) groups is 2. The molecule has 0 aliphatic rings. The highest BCUT2D eigenvalue weighted by Crippen LogP contribution is 2.45. The van der Waals surface area contributed by atoms with Gasteiger partial charge in [0.1, 0.15) is 17.3 Å². The number of fused-ring (bicyclic) bond motifs is 1. The third-order valence-corrected chi connectivity index (χ3v) is 8.57. The highest BCUT2D eigenvalue weighted by atomic mass is 35.5. The Balaban J connectivity index is 1.64. The van der Waals surface area contributed by atoms with Crippen LogP contribution in [0, 0.1) is 6.92 Å². The highest BCUT2D eigenvalue weighted by Gasteiger charge is 2.23. The molecule has 0 bridgehead atoms. The number of aromatic nitrogens is 2. The zero-order valence-electron chi connectivity index (χ0n) is 27.0. The Morgan fingerprint density at radius 1 is 0.918 bits per heavy atom. The summed E-state index contributed by atoms with van der Waals surface area (Å²) in [5.41, 5.74) is 4.34. The lowest BCUT2D eigenvalue weighted by atomic mass is 10.0. The quantitative estimate of drug-likeness (QED) is 0.113. The molecule has 250 valence electrons. The molecule has 0 unspecified atom stereocenters. The maximum absolute atomic E-state index is 14.5. The average Bonchev–Trinajstić information content (AvgIpc) is 3.10. The number of hydrogen-bond acceptors (Lipinski definition) is 7. The number of anilines is 4. The Labute approximate surface area is 293 Å². The van der Waals surface area contributed by atoms with E-state index in [0.717, 1.165) is 11.1 Å². The van der Waals surface area contributed by atoms with E-state index in [1.54, 1.807) is 47.2 Å². The van der Waals surface area contributed by atoms with Crippen molar-refractivity contribution in [1.29, 1.82) is 0 Å². The van der Waals surface area contributed by atoms with Crippen molar-refractivity contribution in [2.24, 2.45) is 0 Å². The molecule has 0 atom stereocenters. The number of nitrogens with zero attached hydrogens (tertiary/aromatic N) is 2. The van der Waals surface area contributed by atoms with Crippen LogP contribution in [0.5, 0.6) is 11.5 Å². The third kappa shape index (κ3) is 7.45. The van der Waals surface area contributed by atoms with E-state index in [1.807, 2.05) is 31.2 Å². The van der Waals surface area contributed by atoms with Gasteiger partial charge in [-0.15, -0.1) is 0 Å². The van der Waals surface area contributed by atoms with Crippen molar-refractivity contribution in [3.8, 4) is 22.6 Å². The second-order valence-electron chi connectivity index (χ2n) is 10.9. The van der Waals surface area contributed by atoms with Crippen molar-refractivity contribution in [2.45, 2.75) is 19.9 Å². The van der Waals surface area contributed by atoms with Gasteiger partial charge >= 0.3 is 0 Å². The summed E-state index contributed by atoms with van der Waals surface area (Å²) in [6.07, 6.45) is 4.51. The second kappa shape index (κ2) is 15.1. The number of para-hydroxylation sites is 1. The van der Waals surface area contributed by atoms with Crippen molar-refractivity contribution < 1.29 is 19.1 Å². The molecule has 2 heterocycles. The third-order valence-electron chi connectivity index (χ3n) is 7.82. The molecular weight excluding hydrogens is 665 g/mol. The van der Waals surface area contributed by atoms with Gasteiger partial charge in [-0.05, 0) is 60.9 Å². The lowest BCUT2D eigenvalue weighted by Gasteiger charge is -2.19. The van der Waals surface area contributed by atoms with Crippen LogP contribution in [0.1, 0.15) is 11.1 Å². The predicted molar refractivity (Wildman–Crippen MR) is 197 cm³/mol. The maximum atomic E-state index is 14.5. The minimum atomic E-state index is -0.357. The van der Waals surface area contributed by atoms with Crippen LogP contribution in [0.4, 0.5) is 22.9 Å². The number of hydrogen-bond donors (Lipinski definition) is 3. The second-order valence-corrected chi connectivity index (χ2v) is 11.6. The molecule has 0 fully saturated rings. The maximum Gasteiger partial charge on any atom is 0.259 e. The van der Waals surface area contributed by atoms with Crippen LogP contribution in [0.15, 0.2) is 97.0 Å². The van der Waals surface area contributed by atoms with Crippen molar-refractivity contribution in [1.82, 2.24) is 9.55 Å². The van der Waals surface area contributed by atoms with Crippen LogP contribution in [-0.4, -0.2) is 35.6 Å². The topological polar surface area (TPSA) is 124 Å². The first-order valence-electron chi connectivity index (χ1n) is 15.0. The van der Waals surface area contributed by atoms with Gasteiger partial charge in [-0.3, -0.25) is 14.4 Å². The SMILES string of the molecule is C=CC(=O)Nc1ccc(CCn2c(=O)c(-c3c(Cl)c(OC)cc(OC)c3Cl)cc3cnc(Nc4c(C)cccc4NC(=O)C=C)cc32)cc1. The summed E-state index contributed by atoms with van der Waals surface area (Å²) in [7, 11) is 2.93. The Morgan fingerprint density at radius 2 is 1.57 bits per heavy atom.